The summed E-state index contributed by atoms with van der Waals surface area (Å²) >= 11 is 1.58. The van der Waals surface area contributed by atoms with E-state index in [0.29, 0.717) is 16.6 Å². The minimum absolute atomic E-state index is 0.146. The molecule has 0 saturated carbocycles. The van der Waals surface area contributed by atoms with Gasteiger partial charge in [-0.15, -0.1) is 11.3 Å². The quantitative estimate of drug-likeness (QED) is 0.914. The molecular formula is C15H18N4OS. The van der Waals surface area contributed by atoms with Crippen molar-refractivity contribution in [1.29, 1.82) is 0 Å². The van der Waals surface area contributed by atoms with Crippen molar-refractivity contribution < 1.29 is 4.79 Å². The Labute approximate surface area is 127 Å². The van der Waals surface area contributed by atoms with Crippen LogP contribution in [0.2, 0.25) is 0 Å². The van der Waals surface area contributed by atoms with Crippen LogP contribution in [0.5, 0.6) is 0 Å². The molecule has 0 radical (unpaired) electrons. The van der Waals surface area contributed by atoms with E-state index in [1.165, 1.54) is 4.88 Å². The van der Waals surface area contributed by atoms with Gasteiger partial charge in [-0.3, -0.25) is 15.1 Å². The molecule has 1 aliphatic heterocycles. The fourth-order valence-corrected chi connectivity index (χ4v) is 3.49. The van der Waals surface area contributed by atoms with Crippen molar-refractivity contribution in [1.82, 2.24) is 15.3 Å². The summed E-state index contributed by atoms with van der Waals surface area (Å²) in [6, 6.07) is 1.83. The van der Waals surface area contributed by atoms with Crippen LogP contribution in [0.25, 0.3) is 0 Å². The zero-order valence-corrected chi connectivity index (χ0v) is 12.7. The van der Waals surface area contributed by atoms with Gasteiger partial charge in [0.25, 0.3) is 5.91 Å². The Balaban J connectivity index is 1.69. The highest BCUT2D eigenvalue weighted by molar-refractivity contribution is 7.15. The minimum atomic E-state index is -0.146. The number of aromatic nitrogens is 2. The highest BCUT2D eigenvalue weighted by atomic mass is 32.1. The zero-order valence-electron chi connectivity index (χ0n) is 11.9. The summed E-state index contributed by atoms with van der Waals surface area (Å²) in [7, 11) is 0. The number of carbonyl (C=O) groups is 1. The van der Waals surface area contributed by atoms with E-state index in [1.807, 2.05) is 19.2 Å². The SMILES string of the molecule is Cc1ccncc1C(=O)Nc1ncc(C2CCNCC2)s1. The Morgan fingerprint density at radius 1 is 1.38 bits per heavy atom. The lowest BCUT2D eigenvalue weighted by molar-refractivity contribution is 0.102. The van der Waals surface area contributed by atoms with Gasteiger partial charge in [-0.2, -0.15) is 0 Å². The first kappa shape index (κ1) is 14.2. The Hall–Kier alpha value is -1.79. The second kappa shape index (κ2) is 6.32. The molecule has 1 aliphatic rings. The maximum absolute atomic E-state index is 12.2. The number of aryl methyl sites for hydroxylation is 1. The van der Waals surface area contributed by atoms with Crippen molar-refractivity contribution >= 4 is 22.4 Å². The lowest BCUT2D eigenvalue weighted by atomic mass is 9.97. The van der Waals surface area contributed by atoms with E-state index in [4.69, 9.17) is 0 Å². The normalized spacial score (nSPS) is 15.9. The average molecular weight is 302 g/mol. The number of piperidine rings is 1. The Bertz CT molecular complexity index is 634. The van der Waals surface area contributed by atoms with E-state index in [9.17, 15) is 4.79 Å². The molecule has 2 N–H and O–H groups in total. The van der Waals surface area contributed by atoms with E-state index < -0.39 is 0 Å². The summed E-state index contributed by atoms with van der Waals surface area (Å²) in [5.41, 5.74) is 1.51. The molecule has 21 heavy (non-hydrogen) atoms. The van der Waals surface area contributed by atoms with Crippen molar-refractivity contribution in [3.8, 4) is 0 Å². The largest absolute Gasteiger partial charge is 0.317 e. The molecule has 3 heterocycles. The van der Waals surface area contributed by atoms with Gasteiger partial charge in [-0.25, -0.2) is 4.98 Å². The number of nitrogens with zero attached hydrogens (tertiary/aromatic N) is 2. The van der Waals surface area contributed by atoms with Gasteiger partial charge in [0.2, 0.25) is 0 Å². The van der Waals surface area contributed by atoms with Gasteiger partial charge < -0.3 is 5.32 Å². The number of carbonyl (C=O) groups excluding carboxylic acids is 1. The van der Waals surface area contributed by atoms with Crippen molar-refractivity contribution in [2.45, 2.75) is 25.7 Å². The van der Waals surface area contributed by atoms with Crippen molar-refractivity contribution in [2.24, 2.45) is 0 Å². The van der Waals surface area contributed by atoms with Gasteiger partial charge in [0.1, 0.15) is 0 Å². The van der Waals surface area contributed by atoms with Gasteiger partial charge in [0.05, 0.1) is 5.56 Å². The van der Waals surface area contributed by atoms with Crippen LogP contribution in [0, 0.1) is 6.92 Å². The van der Waals surface area contributed by atoms with Gasteiger partial charge in [-0.05, 0) is 50.4 Å². The molecule has 2 aromatic rings. The Morgan fingerprint density at radius 3 is 2.95 bits per heavy atom. The van der Waals surface area contributed by atoms with Crippen LogP contribution in [0.4, 0.5) is 5.13 Å². The van der Waals surface area contributed by atoms with Crippen LogP contribution < -0.4 is 10.6 Å². The maximum Gasteiger partial charge on any atom is 0.259 e. The standard InChI is InChI=1S/C15H18N4OS/c1-10-2-5-17-8-12(10)14(20)19-15-18-9-13(21-15)11-3-6-16-7-4-11/h2,5,8-9,11,16H,3-4,6-7H2,1H3,(H,18,19,20). The van der Waals surface area contributed by atoms with Crippen molar-refractivity contribution in [3.05, 3.63) is 40.7 Å². The minimum Gasteiger partial charge on any atom is -0.317 e. The molecule has 0 atom stereocenters. The molecule has 1 amide bonds. The number of pyridine rings is 1. The number of nitrogens with one attached hydrogen (secondary N) is 2. The molecule has 110 valence electrons. The zero-order chi connectivity index (χ0) is 14.7. The second-order valence-corrected chi connectivity index (χ2v) is 6.30. The lowest BCUT2D eigenvalue weighted by Crippen LogP contribution is -2.26. The van der Waals surface area contributed by atoms with Crippen LogP contribution in [-0.4, -0.2) is 29.0 Å². The molecule has 0 aromatic carbocycles. The predicted octanol–water partition coefficient (Wildman–Crippen LogP) is 2.57. The number of hydrogen-bond donors (Lipinski definition) is 2. The van der Waals surface area contributed by atoms with Crippen LogP contribution in [0.3, 0.4) is 0 Å². The van der Waals surface area contributed by atoms with Crippen molar-refractivity contribution in [3.63, 3.8) is 0 Å². The van der Waals surface area contributed by atoms with Gasteiger partial charge >= 0.3 is 0 Å². The molecule has 0 bridgehead atoms. The summed E-state index contributed by atoms with van der Waals surface area (Å²) in [5, 5.41) is 6.89. The molecule has 0 unspecified atom stereocenters. The fraction of sp³-hybridized carbons (Fsp3) is 0.400. The number of amides is 1. The van der Waals surface area contributed by atoms with Gasteiger partial charge in [-0.1, -0.05) is 0 Å². The van der Waals surface area contributed by atoms with E-state index in [0.717, 1.165) is 31.5 Å². The molecule has 0 spiro atoms. The fourth-order valence-electron chi connectivity index (χ4n) is 2.51. The van der Waals surface area contributed by atoms with Crippen molar-refractivity contribution in [2.75, 3.05) is 18.4 Å². The number of rotatable bonds is 3. The van der Waals surface area contributed by atoms with Crippen LogP contribution >= 0.6 is 11.3 Å². The molecule has 3 rings (SSSR count). The maximum atomic E-state index is 12.2. The molecule has 6 heteroatoms. The highest BCUT2D eigenvalue weighted by Crippen LogP contribution is 2.31. The molecule has 5 nitrogen and oxygen atoms in total. The molecule has 1 saturated heterocycles. The number of hydrogen-bond acceptors (Lipinski definition) is 5. The van der Waals surface area contributed by atoms with E-state index >= 15 is 0 Å². The topological polar surface area (TPSA) is 66.9 Å². The van der Waals surface area contributed by atoms with Crippen LogP contribution in [-0.2, 0) is 0 Å². The van der Waals surface area contributed by atoms with Gasteiger partial charge in [0, 0.05) is 23.5 Å². The Morgan fingerprint density at radius 2 is 2.19 bits per heavy atom. The van der Waals surface area contributed by atoms with E-state index in [-0.39, 0.29) is 5.91 Å². The second-order valence-electron chi connectivity index (χ2n) is 5.24. The first-order chi connectivity index (χ1) is 10.2. The Kier molecular flexibility index (Phi) is 4.26. The summed E-state index contributed by atoms with van der Waals surface area (Å²) in [6.07, 6.45) is 7.44. The van der Waals surface area contributed by atoms with Crippen LogP contribution in [0.1, 0.15) is 39.6 Å². The van der Waals surface area contributed by atoms with Gasteiger partial charge in [0.15, 0.2) is 5.13 Å². The summed E-state index contributed by atoms with van der Waals surface area (Å²) in [5.74, 6) is 0.418. The van der Waals surface area contributed by atoms with Crippen LogP contribution in [0.15, 0.2) is 24.7 Å². The molecular weight excluding hydrogens is 284 g/mol. The molecule has 2 aromatic heterocycles. The van der Waals surface area contributed by atoms with E-state index in [2.05, 4.69) is 20.6 Å². The third-order valence-corrected chi connectivity index (χ3v) is 4.84. The third-order valence-electron chi connectivity index (χ3n) is 3.77. The third kappa shape index (κ3) is 3.28. The summed E-state index contributed by atoms with van der Waals surface area (Å²) < 4.78 is 0. The summed E-state index contributed by atoms with van der Waals surface area (Å²) in [4.78, 5) is 21.8. The lowest BCUT2D eigenvalue weighted by Gasteiger charge is -2.20. The smallest absolute Gasteiger partial charge is 0.259 e. The predicted molar refractivity (Wildman–Crippen MR) is 83.9 cm³/mol. The monoisotopic (exact) mass is 302 g/mol. The first-order valence-corrected chi connectivity index (χ1v) is 7.94. The first-order valence-electron chi connectivity index (χ1n) is 7.12. The average Bonchev–Trinajstić information content (AvgIpc) is 2.97. The highest BCUT2D eigenvalue weighted by Gasteiger charge is 2.18. The summed E-state index contributed by atoms with van der Waals surface area (Å²) in [6.45, 7) is 4.01. The molecule has 0 aliphatic carbocycles. The number of thiazole rings is 1. The molecule has 1 fully saturated rings. The number of anilines is 1. The van der Waals surface area contributed by atoms with E-state index in [1.54, 1.807) is 23.7 Å².